The summed E-state index contributed by atoms with van der Waals surface area (Å²) in [4.78, 5) is 28.1. The molecule has 1 heterocycles. The minimum atomic E-state index is -0.976. The zero-order chi connectivity index (χ0) is 25.4. The number of carbonyl (C=O) groups excluding carboxylic acids is 2. The van der Waals surface area contributed by atoms with E-state index in [1.807, 2.05) is 12.1 Å². The average Bonchev–Trinajstić information content (AvgIpc) is 3.08. The number of rotatable bonds is 5. The van der Waals surface area contributed by atoms with E-state index in [-0.39, 0.29) is 27.7 Å². The van der Waals surface area contributed by atoms with Gasteiger partial charge in [-0.1, -0.05) is 49.7 Å². The average molecular weight is 492 g/mol. The SMILES string of the molecule is COc1c(Cl)cc(C)cc1/C(O)=C1\C(=O)C(=O)N(c2ccc(C(C)C)cc2)C1c1cccc(O)c1. The first-order valence-electron chi connectivity index (χ1n) is 11.2. The molecule has 1 fully saturated rings. The number of hydrogen-bond acceptors (Lipinski definition) is 5. The van der Waals surface area contributed by atoms with Crippen molar-refractivity contribution in [1.29, 1.82) is 0 Å². The number of aromatic hydroxyl groups is 1. The van der Waals surface area contributed by atoms with Crippen molar-refractivity contribution in [3.8, 4) is 11.5 Å². The Balaban J connectivity index is 1.98. The number of aliphatic hydroxyl groups is 1. The number of hydrogen-bond donors (Lipinski definition) is 2. The second-order valence-corrected chi connectivity index (χ2v) is 9.25. The van der Waals surface area contributed by atoms with Crippen LogP contribution in [0.25, 0.3) is 5.76 Å². The van der Waals surface area contributed by atoms with E-state index in [0.717, 1.165) is 11.1 Å². The van der Waals surface area contributed by atoms with Gasteiger partial charge in [-0.25, -0.2) is 0 Å². The molecule has 3 aromatic rings. The van der Waals surface area contributed by atoms with E-state index in [1.165, 1.54) is 24.1 Å². The van der Waals surface area contributed by atoms with Crippen molar-refractivity contribution >= 4 is 34.7 Å². The minimum absolute atomic E-state index is 0.0283. The third-order valence-corrected chi connectivity index (χ3v) is 6.40. The first kappa shape index (κ1) is 24.4. The fourth-order valence-corrected chi connectivity index (χ4v) is 4.74. The van der Waals surface area contributed by atoms with Crippen LogP contribution in [0.4, 0.5) is 5.69 Å². The van der Waals surface area contributed by atoms with Crippen molar-refractivity contribution in [1.82, 2.24) is 0 Å². The fourth-order valence-electron chi connectivity index (χ4n) is 4.39. The molecule has 0 spiro atoms. The molecule has 1 aliphatic rings. The van der Waals surface area contributed by atoms with Crippen molar-refractivity contribution in [3.05, 3.63) is 93.5 Å². The molecule has 0 aromatic heterocycles. The Hall–Kier alpha value is -3.77. The summed E-state index contributed by atoms with van der Waals surface area (Å²) in [5.74, 6) is -1.57. The Bertz CT molecular complexity index is 1340. The first-order valence-corrected chi connectivity index (χ1v) is 11.6. The van der Waals surface area contributed by atoms with Gasteiger partial charge >= 0.3 is 0 Å². The molecule has 4 rings (SSSR count). The maximum Gasteiger partial charge on any atom is 0.300 e. The van der Waals surface area contributed by atoms with Crippen LogP contribution in [0.1, 0.15) is 48.1 Å². The lowest BCUT2D eigenvalue weighted by Gasteiger charge is -2.26. The summed E-state index contributed by atoms with van der Waals surface area (Å²) in [6.45, 7) is 5.92. The maximum absolute atomic E-state index is 13.4. The quantitative estimate of drug-likeness (QED) is 0.255. The Labute approximate surface area is 209 Å². The number of ketones is 1. The molecule has 1 saturated heterocycles. The van der Waals surface area contributed by atoms with Gasteiger partial charge in [0.05, 0.1) is 29.3 Å². The summed E-state index contributed by atoms with van der Waals surface area (Å²) >= 11 is 6.34. The number of ether oxygens (including phenoxy) is 1. The lowest BCUT2D eigenvalue weighted by atomic mass is 9.94. The fraction of sp³-hybridized carbons (Fsp3) is 0.214. The molecular weight excluding hydrogens is 466 g/mol. The van der Waals surface area contributed by atoms with Crippen LogP contribution in [0.3, 0.4) is 0 Å². The Morgan fingerprint density at radius 1 is 1.06 bits per heavy atom. The largest absolute Gasteiger partial charge is 0.508 e. The molecule has 1 atom stereocenters. The topological polar surface area (TPSA) is 87.1 Å². The molecule has 1 unspecified atom stereocenters. The highest BCUT2D eigenvalue weighted by Crippen LogP contribution is 2.45. The summed E-state index contributed by atoms with van der Waals surface area (Å²) in [6.07, 6.45) is 0. The van der Waals surface area contributed by atoms with Crippen LogP contribution in [-0.2, 0) is 9.59 Å². The molecule has 0 radical (unpaired) electrons. The van der Waals surface area contributed by atoms with E-state index in [9.17, 15) is 19.8 Å². The molecule has 35 heavy (non-hydrogen) atoms. The van der Waals surface area contributed by atoms with Crippen molar-refractivity contribution in [2.24, 2.45) is 0 Å². The second kappa shape index (κ2) is 9.47. The van der Waals surface area contributed by atoms with Gasteiger partial charge in [0.2, 0.25) is 0 Å². The zero-order valence-corrected chi connectivity index (χ0v) is 20.6. The Morgan fingerprint density at radius 3 is 2.34 bits per heavy atom. The van der Waals surface area contributed by atoms with Crippen LogP contribution in [0.5, 0.6) is 11.5 Å². The maximum atomic E-state index is 13.4. The van der Waals surface area contributed by atoms with Gasteiger partial charge < -0.3 is 14.9 Å². The number of aryl methyl sites for hydroxylation is 1. The molecule has 1 amide bonds. The number of carbonyl (C=O) groups is 2. The van der Waals surface area contributed by atoms with E-state index in [1.54, 1.807) is 43.3 Å². The molecule has 1 aliphatic heterocycles. The molecular formula is C28H26ClNO5. The summed E-state index contributed by atoms with van der Waals surface area (Å²) < 4.78 is 5.41. The lowest BCUT2D eigenvalue weighted by molar-refractivity contribution is -0.132. The number of halogens is 1. The van der Waals surface area contributed by atoms with Gasteiger partial charge in [-0.05, 0) is 65.9 Å². The van der Waals surface area contributed by atoms with Gasteiger partial charge in [0.15, 0.2) is 0 Å². The number of phenols is 1. The number of methoxy groups -OCH3 is 1. The number of aliphatic hydroxyl groups excluding tert-OH is 1. The first-order chi connectivity index (χ1) is 16.6. The molecule has 0 saturated carbocycles. The van der Waals surface area contributed by atoms with Gasteiger partial charge in [-0.2, -0.15) is 0 Å². The van der Waals surface area contributed by atoms with Crippen molar-refractivity contribution in [2.45, 2.75) is 32.7 Å². The smallest absolute Gasteiger partial charge is 0.300 e. The number of Topliss-reactive ketones (excluding diaryl/α,β-unsaturated/α-hetero) is 1. The zero-order valence-electron chi connectivity index (χ0n) is 19.9. The van der Waals surface area contributed by atoms with E-state index < -0.39 is 23.5 Å². The van der Waals surface area contributed by atoms with Crippen LogP contribution in [0, 0.1) is 6.92 Å². The van der Waals surface area contributed by atoms with E-state index in [4.69, 9.17) is 16.3 Å². The number of anilines is 1. The van der Waals surface area contributed by atoms with E-state index in [2.05, 4.69) is 13.8 Å². The molecule has 7 heteroatoms. The third-order valence-electron chi connectivity index (χ3n) is 6.12. The summed E-state index contributed by atoms with van der Waals surface area (Å²) in [6, 6.07) is 16.0. The molecule has 180 valence electrons. The molecule has 0 aliphatic carbocycles. The highest BCUT2D eigenvalue weighted by atomic mass is 35.5. The third kappa shape index (κ3) is 4.37. The van der Waals surface area contributed by atoms with Crippen LogP contribution in [0.15, 0.2) is 66.2 Å². The molecule has 2 N–H and O–H groups in total. The molecule has 6 nitrogen and oxygen atoms in total. The van der Waals surface area contributed by atoms with Crippen molar-refractivity contribution in [3.63, 3.8) is 0 Å². The van der Waals surface area contributed by atoms with Gasteiger partial charge in [0.1, 0.15) is 17.3 Å². The number of benzene rings is 3. The van der Waals surface area contributed by atoms with Crippen LogP contribution in [0.2, 0.25) is 5.02 Å². The van der Waals surface area contributed by atoms with Gasteiger partial charge in [0.25, 0.3) is 11.7 Å². The summed E-state index contributed by atoms with van der Waals surface area (Å²) in [5.41, 5.74) is 2.88. The predicted octanol–water partition coefficient (Wildman–Crippen LogP) is 6.11. The monoisotopic (exact) mass is 491 g/mol. The minimum Gasteiger partial charge on any atom is -0.508 e. The Kier molecular flexibility index (Phi) is 6.59. The van der Waals surface area contributed by atoms with Gasteiger partial charge in [-0.3, -0.25) is 14.5 Å². The van der Waals surface area contributed by atoms with Crippen molar-refractivity contribution in [2.75, 3.05) is 12.0 Å². The molecule has 3 aromatic carbocycles. The number of nitrogens with zero attached hydrogens (tertiary/aromatic N) is 1. The van der Waals surface area contributed by atoms with Gasteiger partial charge in [-0.15, -0.1) is 0 Å². The summed E-state index contributed by atoms with van der Waals surface area (Å²) in [7, 11) is 1.41. The predicted molar refractivity (Wildman–Crippen MR) is 136 cm³/mol. The second-order valence-electron chi connectivity index (χ2n) is 8.84. The summed E-state index contributed by atoms with van der Waals surface area (Å²) in [5, 5.41) is 21.8. The number of phenolic OH excluding ortho intramolecular Hbond substituents is 1. The highest BCUT2D eigenvalue weighted by molar-refractivity contribution is 6.51. The van der Waals surface area contributed by atoms with Gasteiger partial charge in [0, 0.05) is 5.69 Å². The van der Waals surface area contributed by atoms with Crippen LogP contribution >= 0.6 is 11.6 Å². The number of amides is 1. The van der Waals surface area contributed by atoms with Crippen molar-refractivity contribution < 1.29 is 24.5 Å². The standard InChI is InChI=1S/C28H26ClNO5/c1-15(2)17-8-10-19(11-9-17)30-24(18-6-5-7-20(31)14-18)23(26(33)28(30)34)25(32)21-12-16(3)13-22(29)27(21)35-4/h5-15,24,31-32H,1-4H3/b25-23+. The van der Waals surface area contributed by atoms with Crippen LogP contribution in [-0.4, -0.2) is 29.0 Å². The van der Waals surface area contributed by atoms with E-state index in [0.29, 0.717) is 17.2 Å². The van der Waals surface area contributed by atoms with Crippen LogP contribution < -0.4 is 9.64 Å². The molecule has 0 bridgehead atoms. The Morgan fingerprint density at radius 2 is 1.74 bits per heavy atom. The highest BCUT2D eigenvalue weighted by Gasteiger charge is 2.47. The normalized spacial score (nSPS) is 17.3. The van der Waals surface area contributed by atoms with E-state index >= 15 is 0 Å². The lowest BCUT2D eigenvalue weighted by Crippen LogP contribution is -2.29.